The zero-order chi connectivity index (χ0) is 22.9. The molecule has 168 valence electrons. The van der Waals surface area contributed by atoms with Crippen LogP contribution in [0.1, 0.15) is 58.4 Å². The number of halogens is 1. The molecule has 1 N–H and O–H groups in total. The Morgan fingerprint density at radius 1 is 0.909 bits per heavy atom. The number of aromatic carboxylic acids is 1. The van der Waals surface area contributed by atoms with E-state index in [0.29, 0.717) is 12.5 Å². The summed E-state index contributed by atoms with van der Waals surface area (Å²) in [5.41, 5.74) is 5.79. The van der Waals surface area contributed by atoms with Crippen molar-refractivity contribution >= 4 is 23.5 Å². The van der Waals surface area contributed by atoms with Gasteiger partial charge in [-0.15, -0.1) is 0 Å². The number of hydrogen-bond acceptors (Lipinski definition) is 2. The summed E-state index contributed by atoms with van der Waals surface area (Å²) in [6.07, 6.45) is 6.34. The number of fused-ring (bicyclic) bond motifs is 1. The van der Waals surface area contributed by atoms with Crippen LogP contribution in [0.3, 0.4) is 0 Å². The number of carbonyl (C=O) groups excluding carboxylic acids is 1. The minimum Gasteiger partial charge on any atom is -0.478 e. The molecule has 3 aromatic carbocycles. The zero-order valence-electron chi connectivity index (χ0n) is 18.4. The minimum absolute atomic E-state index is 0.0914. The minimum atomic E-state index is -1.04. The van der Waals surface area contributed by atoms with E-state index in [1.807, 2.05) is 47.4 Å². The van der Waals surface area contributed by atoms with E-state index in [1.165, 1.54) is 32.1 Å². The first-order valence-corrected chi connectivity index (χ1v) is 11.9. The van der Waals surface area contributed by atoms with Crippen LogP contribution < -0.4 is 0 Å². The van der Waals surface area contributed by atoms with Crippen molar-refractivity contribution in [1.29, 1.82) is 0 Å². The summed E-state index contributed by atoms with van der Waals surface area (Å²) >= 11 is 6.03. The van der Waals surface area contributed by atoms with E-state index in [4.69, 9.17) is 11.6 Å². The second-order valence-corrected chi connectivity index (χ2v) is 9.55. The summed E-state index contributed by atoms with van der Waals surface area (Å²) in [7, 11) is 0. The van der Waals surface area contributed by atoms with Gasteiger partial charge in [-0.25, -0.2) is 4.79 Å². The van der Waals surface area contributed by atoms with Gasteiger partial charge in [-0.2, -0.15) is 0 Å². The van der Waals surface area contributed by atoms with Gasteiger partial charge in [0.2, 0.25) is 0 Å². The molecule has 5 heteroatoms. The van der Waals surface area contributed by atoms with E-state index in [-0.39, 0.29) is 16.5 Å². The number of hydrogen-bond donors (Lipinski definition) is 1. The van der Waals surface area contributed by atoms with Crippen molar-refractivity contribution in [3.05, 3.63) is 82.4 Å². The average Bonchev–Trinajstić information content (AvgIpc) is 3.14. The van der Waals surface area contributed by atoms with Gasteiger partial charge in [-0.3, -0.25) is 4.79 Å². The summed E-state index contributed by atoms with van der Waals surface area (Å²) < 4.78 is 0. The third kappa shape index (κ3) is 4.40. The first-order valence-electron chi connectivity index (χ1n) is 11.6. The standard InChI is InChI=1S/C28H26ClNO3/c29-26-12-10-22(15-25(26)28(32)33)20-8-4-7-19(13-20)21-9-11-24-23(14-21)17-30(27(24)31)16-18-5-2-1-3-6-18/h4,7-15,18H,1-3,5-6,16-17H2,(H,32,33). The van der Waals surface area contributed by atoms with Gasteiger partial charge in [0.15, 0.2) is 0 Å². The van der Waals surface area contributed by atoms with Gasteiger partial charge in [0, 0.05) is 18.7 Å². The van der Waals surface area contributed by atoms with Crippen molar-refractivity contribution in [3.63, 3.8) is 0 Å². The number of amides is 1. The number of rotatable bonds is 5. The molecule has 2 aliphatic rings. The maximum absolute atomic E-state index is 12.9. The summed E-state index contributed by atoms with van der Waals surface area (Å²) in [5, 5.41) is 9.62. The number of carbonyl (C=O) groups is 2. The normalized spacial score (nSPS) is 16.2. The highest BCUT2D eigenvalue weighted by atomic mass is 35.5. The Morgan fingerprint density at radius 3 is 2.30 bits per heavy atom. The summed E-state index contributed by atoms with van der Waals surface area (Å²) in [6, 6.07) is 19.1. The Morgan fingerprint density at radius 2 is 1.58 bits per heavy atom. The lowest BCUT2D eigenvalue weighted by Crippen LogP contribution is -2.30. The molecule has 1 saturated carbocycles. The van der Waals surface area contributed by atoms with Gasteiger partial charge in [-0.1, -0.05) is 61.2 Å². The molecule has 3 aromatic rings. The number of benzene rings is 3. The third-order valence-corrected chi connectivity index (χ3v) is 7.24. The molecule has 1 aliphatic carbocycles. The van der Waals surface area contributed by atoms with E-state index in [2.05, 4.69) is 6.07 Å². The molecule has 0 radical (unpaired) electrons. The highest BCUT2D eigenvalue weighted by Crippen LogP contribution is 2.33. The Balaban J connectivity index is 1.40. The first kappa shape index (κ1) is 21.7. The number of carboxylic acids is 1. The molecule has 1 aliphatic heterocycles. The fourth-order valence-corrected chi connectivity index (χ4v) is 5.33. The van der Waals surface area contributed by atoms with Crippen LogP contribution in [0, 0.1) is 5.92 Å². The zero-order valence-corrected chi connectivity index (χ0v) is 19.1. The first-order chi connectivity index (χ1) is 16.0. The van der Waals surface area contributed by atoms with Crippen LogP contribution in [-0.2, 0) is 6.54 Å². The van der Waals surface area contributed by atoms with Crippen molar-refractivity contribution in [3.8, 4) is 22.3 Å². The molecule has 1 fully saturated rings. The molecule has 0 bridgehead atoms. The molecule has 0 atom stereocenters. The lowest BCUT2D eigenvalue weighted by molar-refractivity contribution is 0.0695. The summed E-state index contributed by atoms with van der Waals surface area (Å²) in [5.74, 6) is -0.263. The van der Waals surface area contributed by atoms with E-state index >= 15 is 0 Å². The molecule has 1 heterocycles. The Labute approximate surface area is 198 Å². The number of nitrogens with zero attached hydrogens (tertiary/aromatic N) is 1. The Kier molecular flexibility index (Phi) is 5.94. The molecular weight excluding hydrogens is 434 g/mol. The molecule has 0 aromatic heterocycles. The smallest absolute Gasteiger partial charge is 0.337 e. The van der Waals surface area contributed by atoms with Crippen molar-refractivity contribution < 1.29 is 14.7 Å². The van der Waals surface area contributed by atoms with Gasteiger partial charge < -0.3 is 10.0 Å². The van der Waals surface area contributed by atoms with E-state index in [1.54, 1.807) is 12.1 Å². The van der Waals surface area contributed by atoms with Gasteiger partial charge >= 0.3 is 5.97 Å². The van der Waals surface area contributed by atoms with Crippen LogP contribution in [0.5, 0.6) is 0 Å². The van der Waals surface area contributed by atoms with Crippen molar-refractivity contribution in [2.75, 3.05) is 6.54 Å². The third-order valence-electron chi connectivity index (χ3n) is 6.91. The van der Waals surface area contributed by atoms with Crippen LogP contribution >= 0.6 is 11.6 Å². The molecular formula is C28H26ClNO3. The molecule has 1 amide bonds. The fraction of sp³-hybridized carbons (Fsp3) is 0.286. The van der Waals surface area contributed by atoms with Crippen LogP contribution in [0.4, 0.5) is 0 Å². The maximum Gasteiger partial charge on any atom is 0.337 e. The lowest BCUT2D eigenvalue weighted by atomic mass is 9.89. The Hall–Kier alpha value is -3.11. The predicted molar refractivity (Wildman–Crippen MR) is 131 cm³/mol. The van der Waals surface area contributed by atoms with Crippen molar-refractivity contribution in [1.82, 2.24) is 4.90 Å². The molecule has 5 rings (SSSR count). The predicted octanol–water partition coefficient (Wildman–Crippen LogP) is 6.91. The van der Waals surface area contributed by atoms with E-state index in [0.717, 1.165) is 39.9 Å². The van der Waals surface area contributed by atoms with Gasteiger partial charge in [0.05, 0.1) is 10.6 Å². The Bertz CT molecular complexity index is 1230. The van der Waals surface area contributed by atoms with Crippen LogP contribution in [0.25, 0.3) is 22.3 Å². The van der Waals surface area contributed by atoms with Crippen molar-refractivity contribution in [2.45, 2.75) is 38.6 Å². The van der Waals surface area contributed by atoms with Gasteiger partial charge in [0.25, 0.3) is 5.91 Å². The molecule has 4 nitrogen and oxygen atoms in total. The van der Waals surface area contributed by atoms with Gasteiger partial charge in [-0.05, 0) is 76.9 Å². The van der Waals surface area contributed by atoms with E-state index in [9.17, 15) is 14.7 Å². The largest absolute Gasteiger partial charge is 0.478 e. The lowest BCUT2D eigenvalue weighted by Gasteiger charge is -2.26. The quantitative estimate of drug-likeness (QED) is 0.451. The molecule has 0 unspecified atom stereocenters. The van der Waals surface area contributed by atoms with E-state index < -0.39 is 5.97 Å². The van der Waals surface area contributed by atoms with Crippen molar-refractivity contribution in [2.24, 2.45) is 5.92 Å². The van der Waals surface area contributed by atoms with Crippen LogP contribution in [0.2, 0.25) is 5.02 Å². The second kappa shape index (κ2) is 9.03. The molecule has 0 spiro atoms. The summed E-state index contributed by atoms with van der Waals surface area (Å²) in [6.45, 7) is 1.54. The average molecular weight is 460 g/mol. The second-order valence-electron chi connectivity index (χ2n) is 9.14. The SMILES string of the molecule is O=C(O)c1cc(-c2cccc(-c3ccc4c(c3)CN(CC3CCCCC3)C4=O)c2)ccc1Cl. The van der Waals surface area contributed by atoms with Crippen LogP contribution in [-0.4, -0.2) is 28.4 Å². The topological polar surface area (TPSA) is 57.6 Å². The fourth-order valence-electron chi connectivity index (χ4n) is 5.14. The maximum atomic E-state index is 12.9. The molecule has 33 heavy (non-hydrogen) atoms. The summed E-state index contributed by atoms with van der Waals surface area (Å²) in [4.78, 5) is 26.4. The highest BCUT2D eigenvalue weighted by molar-refractivity contribution is 6.33. The molecule has 0 saturated heterocycles. The van der Waals surface area contributed by atoms with Crippen LogP contribution in [0.15, 0.2) is 60.7 Å². The monoisotopic (exact) mass is 459 g/mol. The highest BCUT2D eigenvalue weighted by Gasteiger charge is 2.29. The number of carboxylic acid groups (broad SMARTS) is 1. The van der Waals surface area contributed by atoms with Gasteiger partial charge in [0.1, 0.15) is 0 Å².